The molecule has 1 aliphatic carbocycles. The van der Waals surface area contributed by atoms with Crippen LogP contribution in [0.5, 0.6) is 0 Å². The first kappa shape index (κ1) is 14.9. The number of amides is 2. The highest BCUT2D eigenvalue weighted by atomic mass is 32.2. The van der Waals surface area contributed by atoms with Crippen molar-refractivity contribution in [2.24, 2.45) is 0 Å². The first-order valence-corrected chi connectivity index (χ1v) is 7.87. The lowest BCUT2D eigenvalue weighted by Crippen LogP contribution is -2.31. The molecule has 0 atom stereocenters. The van der Waals surface area contributed by atoms with Crippen LogP contribution < -0.4 is 10.6 Å². The molecule has 5 heteroatoms. The largest absolute Gasteiger partial charge is 0.353 e. The van der Waals surface area contributed by atoms with Crippen molar-refractivity contribution in [1.82, 2.24) is 10.6 Å². The van der Waals surface area contributed by atoms with Gasteiger partial charge in [0.15, 0.2) is 0 Å². The molecule has 0 aromatic heterocycles. The van der Waals surface area contributed by atoms with Gasteiger partial charge in [-0.1, -0.05) is 12.1 Å². The molecule has 4 nitrogen and oxygen atoms in total. The highest BCUT2D eigenvalue weighted by molar-refractivity contribution is 8.00. The summed E-state index contributed by atoms with van der Waals surface area (Å²) in [5, 5.41) is 5.82. The Morgan fingerprint density at radius 1 is 1.30 bits per heavy atom. The van der Waals surface area contributed by atoms with Crippen molar-refractivity contribution in [2.75, 3.05) is 5.75 Å². The summed E-state index contributed by atoms with van der Waals surface area (Å²) in [5.41, 5.74) is 0.654. The monoisotopic (exact) mass is 292 g/mol. The molecular weight excluding hydrogens is 272 g/mol. The quantitative estimate of drug-likeness (QED) is 0.790. The van der Waals surface area contributed by atoms with Gasteiger partial charge >= 0.3 is 0 Å². The van der Waals surface area contributed by atoms with Crippen LogP contribution >= 0.6 is 11.8 Å². The molecule has 0 heterocycles. The minimum atomic E-state index is -0.0418. The van der Waals surface area contributed by atoms with Gasteiger partial charge < -0.3 is 10.6 Å². The van der Waals surface area contributed by atoms with Crippen LogP contribution in [-0.4, -0.2) is 29.7 Å². The van der Waals surface area contributed by atoms with Crippen LogP contribution in [0.4, 0.5) is 0 Å². The fraction of sp³-hybridized carbons (Fsp3) is 0.467. The molecule has 1 aliphatic rings. The molecule has 0 spiro atoms. The summed E-state index contributed by atoms with van der Waals surface area (Å²) in [5.74, 6) is 0.272. The molecule has 1 fully saturated rings. The lowest BCUT2D eigenvalue weighted by molar-refractivity contribution is -0.119. The first-order chi connectivity index (χ1) is 9.56. The molecule has 2 amide bonds. The lowest BCUT2D eigenvalue weighted by Gasteiger charge is -2.10. The van der Waals surface area contributed by atoms with Crippen molar-refractivity contribution in [1.29, 1.82) is 0 Å². The Hall–Kier alpha value is -1.49. The zero-order valence-electron chi connectivity index (χ0n) is 11.8. The number of rotatable bonds is 6. The Balaban J connectivity index is 1.96. The molecule has 2 rings (SSSR count). The number of carbonyl (C=O) groups is 2. The molecule has 0 saturated heterocycles. The Morgan fingerprint density at radius 3 is 2.65 bits per heavy atom. The van der Waals surface area contributed by atoms with Crippen LogP contribution in [0.1, 0.15) is 37.0 Å². The van der Waals surface area contributed by atoms with Crippen LogP contribution in [0.2, 0.25) is 0 Å². The van der Waals surface area contributed by atoms with Crippen molar-refractivity contribution in [3.8, 4) is 0 Å². The van der Waals surface area contributed by atoms with E-state index in [-0.39, 0.29) is 17.9 Å². The van der Waals surface area contributed by atoms with Crippen LogP contribution in [0.15, 0.2) is 29.2 Å². The average Bonchev–Trinajstić information content (AvgIpc) is 3.20. The molecule has 108 valence electrons. The van der Waals surface area contributed by atoms with Gasteiger partial charge in [-0.2, -0.15) is 0 Å². The Kier molecular flexibility index (Phi) is 5.06. The SMILES string of the molecule is CC(C)NC(=O)CSc1ccccc1C(=O)NC1CC1. The molecule has 0 radical (unpaired) electrons. The summed E-state index contributed by atoms with van der Waals surface area (Å²) < 4.78 is 0. The molecule has 0 unspecified atom stereocenters. The van der Waals surface area contributed by atoms with E-state index in [4.69, 9.17) is 0 Å². The summed E-state index contributed by atoms with van der Waals surface area (Å²) in [6.07, 6.45) is 2.13. The third kappa shape index (κ3) is 4.56. The van der Waals surface area contributed by atoms with Gasteiger partial charge in [-0.25, -0.2) is 0 Å². The maximum absolute atomic E-state index is 12.1. The van der Waals surface area contributed by atoms with Crippen molar-refractivity contribution >= 4 is 23.6 Å². The maximum atomic E-state index is 12.1. The maximum Gasteiger partial charge on any atom is 0.252 e. The highest BCUT2D eigenvalue weighted by Gasteiger charge is 2.24. The minimum Gasteiger partial charge on any atom is -0.353 e. The summed E-state index contributed by atoms with van der Waals surface area (Å²) in [7, 11) is 0. The second kappa shape index (κ2) is 6.79. The predicted molar refractivity (Wildman–Crippen MR) is 80.9 cm³/mol. The fourth-order valence-corrected chi connectivity index (χ4v) is 2.64. The molecule has 1 aromatic rings. The summed E-state index contributed by atoms with van der Waals surface area (Å²) in [6, 6.07) is 7.90. The standard InChI is InChI=1S/C15H20N2O2S/c1-10(2)16-14(18)9-20-13-6-4-3-5-12(13)15(19)17-11-7-8-11/h3-6,10-11H,7-9H2,1-2H3,(H,16,18)(H,17,19). The van der Waals surface area contributed by atoms with E-state index >= 15 is 0 Å². The van der Waals surface area contributed by atoms with E-state index in [1.165, 1.54) is 11.8 Å². The number of carbonyl (C=O) groups excluding carboxylic acids is 2. The number of nitrogens with one attached hydrogen (secondary N) is 2. The van der Waals surface area contributed by atoms with Crippen LogP contribution in [0.3, 0.4) is 0 Å². The van der Waals surface area contributed by atoms with Gasteiger partial charge in [0.2, 0.25) is 5.91 Å². The second-order valence-electron chi connectivity index (χ2n) is 5.25. The molecule has 1 aromatic carbocycles. The van der Waals surface area contributed by atoms with E-state index in [1.54, 1.807) is 6.07 Å². The van der Waals surface area contributed by atoms with Crippen molar-refractivity contribution < 1.29 is 9.59 Å². The Bertz CT molecular complexity index is 498. The Labute approximate surface area is 123 Å². The number of hydrogen-bond acceptors (Lipinski definition) is 3. The normalized spacial score (nSPS) is 14.2. The van der Waals surface area contributed by atoms with Crippen molar-refractivity contribution in [3.05, 3.63) is 29.8 Å². The van der Waals surface area contributed by atoms with E-state index in [2.05, 4.69) is 10.6 Å². The number of benzene rings is 1. The fourth-order valence-electron chi connectivity index (χ4n) is 1.78. The second-order valence-corrected chi connectivity index (χ2v) is 6.27. The average molecular weight is 292 g/mol. The van der Waals surface area contributed by atoms with Gasteiger partial charge in [0.1, 0.15) is 0 Å². The zero-order valence-corrected chi connectivity index (χ0v) is 12.6. The molecule has 1 saturated carbocycles. The van der Waals surface area contributed by atoms with Crippen molar-refractivity contribution in [2.45, 2.75) is 43.7 Å². The van der Waals surface area contributed by atoms with Crippen LogP contribution in [-0.2, 0) is 4.79 Å². The Morgan fingerprint density at radius 2 is 2.00 bits per heavy atom. The van der Waals surface area contributed by atoms with Crippen molar-refractivity contribution in [3.63, 3.8) is 0 Å². The number of thioether (sulfide) groups is 1. The van der Waals surface area contributed by atoms with Gasteiger partial charge in [-0.3, -0.25) is 9.59 Å². The van der Waals surface area contributed by atoms with E-state index in [0.717, 1.165) is 17.7 Å². The summed E-state index contributed by atoms with van der Waals surface area (Å²) >= 11 is 1.40. The smallest absolute Gasteiger partial charge is 0.252 e. The summed E-state index contributed by atoms with van der Waals surface area (Å²) in [4.78, 5) is 24.6. The van der Waals surface area contributed by atoms with E-state index < -0.39 is 0 Å². The molecule has 2 N–H and O–H groups in total. The topological polar surface area (TPSA) is 58.2 Å². The highest BCUT2D eigenvalue weighted by Crippen LogP contribution is 2.24. The van der Waals surface area contributed by atoms with Crippen LogP contribution in [0, 0.1) is 0 Å². The van der Waals surface area contributed by atoms with Gasteiger partial charge in [0.25, 0.3) is 5.91 Å². The van der Waals surface area contributed by atoms with E-state index in [0.29, 0.717) is 17.4 Å². The minimum absolute atomic E-state index is 0.0117. The molecule has 20 heavy (non-hydrogen) atoms. The van der Waals surface area contributed by atoms with Crippen LogP contribution in [0.25, 0.3) is 0 Å². The predicted octanol–water partition coefficient (Wildman–Crippen LogP) is 2.20. The van der Waals surface area contributed by atoms with E-state index in [9.17, 15) is 9.59 Å². The van der Waals surface area contributed by atoms with Gasteiger partial charge in [-0.15, -0.1) is 11.8 Å². The zero-order chi connectivity index (χ0) is 14.5. The van der Waals surface area contributed by atoms with E-state index in [1.807, 2.05) is 32.0 Å². The first-order valence-electron chi connectivity index (χ1n) is 6.88. The summed E-state index contributed by atoms with van der Waals surface area (Å²) in [6.45, 7) is 3.86. The number of hydrogen-bond donors (Lipinski definition) is 2. The van der Waals surface area contributed by atoms with Gasteiger partial charge in [0.05, 0.1) is 11.3 Å². The third-order valence-corrected chi connectivity index (χ3v) is 3.93. The molecule has 0 bridgehead atoms. The van der Waals surface area contributed by atoms with Gasteiger partial charge in [0, 0.05) is 17.0 Å². The molecular formula is C15H20N2O2S. The molecule has 0 aliphatic heterocycles. The lowest BCUT2D eigenvalue weighted by atomic mass is 10.2. The third-order valence-electron chi connectivity index (χ3n) is 2.85. The van der Waals surface area contributed by atoms with Gasteiger partial charge in [-0.05, 0) is 38.8 Å².